The van der Waals surface area contributed by atoms with Crippen LogP contribution in [0.2, 0.25) is 5.02 Å². The zero-order valence-corrected chi connectivity index (χ0v) is 9.16. The largest absolute Gasteiger partial charge is 0.255 e. The minimum atomic E-state index is -0.243. The zero-order valence-electron chi connectivity index (χ0n) is 8.40. The van der Waals surface area contributed by atoms with E-state index in [4.69, 9.17) is 11.6 Å². The highest BCUT2D eigenvalue weighted by Crippen LogP contribution is 2.12. The fraction of sp³-hybridized carbons (Fsp3) is 0. The maximum absolute atomic E-state index is 13.3. The molecule has 2 aromatic rings. The summed E-state index contributed by atoms with van der Waals surface area (Å²) in [5.74, 6) is -0.243. The van der Waals surface area contributed by atoms with Crippen LogP contribution >= 0.6 is 11.6 Å². The fourth-order valence-corrected chi connectivity index (χ4v) is 1.38. The summed E-state index contributed by atoms with van der Waals surface area (Å²) >= 11 is 5.71. The number of benzene rings is 1. The van der Waals surface area contributed by atoms with Gasteiger partial charge in [-0.25, -0.2) is 4.39 Å². The molecule has 80 valence electrons. The van der Waals surface area contributed by atoms with Gasteiger partial charge in [-0.3, -0.25) is 4.98 Å². The third kappa shape index (κ3) is 2.67. The Morgan fingerprint density at radius 2 is 1.88 bits per heavy atom. The summed E-state index contributed by atoms with van der Waals surface area (Å²) in [5.41, 5.74) is 1.28. The predicted molar refractivity (Wildman–Crippen MR) is 64.6 cm³/mol. The first kappa shape index (κ1) is 10.8. The van der Waals surface area contributed by atoms with E-state index in [-0.39, 0.29) is 5.82 Å². The van der Waals surface area contributed by atoms with Crippen LogP contribution in [-0.4, -0.2) is 4.98 Å². The minimum absolute atomic E-state index is 0.243. The molecule has 0 aliphatic rings. The lowest BCUT2D eigenvalue weighted by Crippen LogP contribution is -1.81. The first-order chi connectivity index (χ1) is 7.75. The molecule has 0 saturated carbocycles. The van der Waals surface area contributed by atoms with Gasteiger partial charge in [-0.1, -0.05) is 29.8 Å². The summed E-state index contributed by atoms with van der Waals surface area (Å²) in [4.78, 5) is 4.08. The Balaban J connectivity index is 2.21. The normalized spacial score (nSPS) is 10.9. The highest BCUT2D eigenvalue weighted by Gasteiger charge is 1.95. The molecule has 1 heterocycles. The van der Waals surface area contributed by atoms with Gasteiger partial charge < -0.3 is 0 Å². The molecule has 0 unspecified atom stereocenters. The number of rotatable bonds is 2. The summed E-state index contributed by atoms with van der Waals surface area (Å²) < 4.78 is 13.3. The molecule has 1 aromatic heterocycles. The van der Waals surface area contributed by atoms with Crippen LogP contribution in [0, 0.1) is 5.82 Å². The van der Waals surface area contributed by atoms with E-state index in [0.717, 1.165) is 5.69 Å². The van der Waals surface area contributed by atoms with Crippen molar-refractivity contribution in [3.8, 4) is 0 Å². The summed E-state index contributed by atoms with van der Waals surface area (Å²) in [6.45, 7) is 0. The molecule has 16 heavy (non-hydrogen) atoms. The first-order valence-electron chi connectivity index (χ1n) is 4.80. The van der Waals surface area contributed by atoms with Crippen LogP contribution in [0.15, 0.2) is 42.6 Å². The Bertz CT molecular complexity index is 506. The SMILES string of the molecule is Fc1ccccc1/C=C/c1ccc(Cl)cn1. The maximum atomic E-state index is 13.3. The fourth-order valence-electron chi connectivity index (χ4n) is 1.27. The quantitative estimate of drug-likeness (QED) is 0.763. The third-order valence-corrected chi connectivity index (χ3v) is 2.31. The van der Waals surface area contributed by atoms with Crippen molar-refractivity contribution in [2.24, 2.45) is 0 Å². The van der Waals surface area contributed by atoms with Crippen molar-refractivity contribution in [2.45, 2.75) is 0 Å². The number of hydrogen-bond acceptors (Lipinski definition) is 1. The van der Waals surface area contributed by atoms with Gasteiger partial charge in [-0.2, -0.15) is 0 Å². The lowest BCUT2D eigenvalue weighted by molar-refractivity contribution is 0.625. The lowest BCUT2D eigenvalue weighted by Gasteiger charge is -1.95. The van der Waals surface area contributed by atoms with E-state index >= 15 is 0 Å². The van der Waals surface area contributed by atoms with Crippen molar-refractivity contribution >= 4 is 23.8 Å². The van der Waals surface area contributed by atoms with E-state index in [1.165, 1.54) is 6.07 Å². The highest BCUT2D eigenvalue weighted by molar-refractivity contribution is 6.30. The number of pyridine rings is 1. The van der Waals surface area contributed by atoms with Gasteiger partial charge in [0.25, 0.3) is 0 Å². The van der Waals surface area contributed by atoms with E-state index in [1.807, 2.05) is 0 Å². The van der Waals surface area contributed by atoms with E-state index in [9.17, 15) is 4.39 Å². The molecule has 2 rings (SSSR count). The highest BCUT2D eigenvalue weighted by atomic mass is 35.5. The molecule has 3 heteroatoms. The van der Waals surface area contributed by atoms with Crippen LogP contribution in [0.25, 0.3) is 12.2 Å². The van der Waals surface area contributed by atoms with Crippen LogP contribution in [-0.2, 0) is 0 Å². The molecular formula is C13H9ClFN. The lowest BCUT2D eigenvalue weighted by atomic mass is 10.2. The Hall–Kier alpha value is -1.67. The predicted octanol–water partition coefficient (Wildman–Crippen LogP) is 4.04. The van der Waals surface area contributed by atoms with Crippen molar-refractivity contribution in [1.29, 1.82) is 0 Å². The summed E-state index contributed by atoms with van der Waals surface area (Å²) in [6, 6.07) is 10.1. The van der Waals surface area contributed by atoms with Crippen molar-refractivity contribution in [2.75, 3.05) is 0 Å². The van der Waals surface area contributed by atoms with Gasteiger partial charge in [0.05, 0.1) is 10.7 Å². The van der Waals surface area contributed by atoms with Crippen LogP contribution < -0.4 is 0 Å². The second-order valence-corrected chi connectivity index (χ2v) is 3.69. The molecule has 0 aliphatic carbocycles. The van der Waals surface area contributed by atoms with Crippen molar-refractivity contribution < 1.29 is 4.39 Å². The Morgan fingerprint density at radius 3 is 2.56 bits per heavy atom. The summed E-state index contributed by atoms with van der Waals surface area (Å²) in [7, 11) is 0. The van der Waals surface area contributed by atoms with Crippen LogP contribution in [0.5, 0.6) is 0 Å². The minimum Gasteiger partial charge on any atom is -0.255 e. The van der Waals surface area contributed by atoms with Gasteiger partial charge in [0.15, 0.2) is 0 Å². The summed E-state index contributed by atoms with van der Waals surface area (Å²) in [5, 5.41) is 0.586. The maximum Gasteiger partial charge on any atom is 0.130 e. The topological polar surface area (TPSA) is 12.9 Å². The molecular weight excluding hydrogens is 225 g/mol. The van der Waals surface area contributed by atoms with Gasteiger partial charge in [-0.15, -0.1) is 0 Å². The van der Waals surface area contributed by atoms with Gasteiger partial charge >= 0.3 is 0 Å². The molecule has 0 aliphatic heterocycles. The molecule has 0 N–H and O–H groups in total. The van der Waals surface area contributed by atoms with E-state index in [0.29, 0.717) is 10.6 Å². The van der Waals surface area contributed by atoms with Gasteiger partial charge in [0.1, 0.15) is 5.82 Å². The number of halogens is 2. The standard InChI is InChI=1S/C13H9ClFN/c14-11-6-8-12(16-9-11)7-5-10-3-1-2-4-13(10)15/h1-9H/b7-5+. The molecule has 0 radical (unpaired) electrons. The molecule has 0 saturated heterocycles. The molecule has 0 bridgehead atoms. The third-order valence-electron chi connectivity index (χ3n) is 2.09. The number of aromatic nitrogens is 1. The Labute approximate surface area is 98.2 Å². The monoisotopic (exact) mass is 233 g/mol. The average molecular weight is 234 g/mol. The van der Waals surface area contributed by atoms with E-state index in [1.54, 1.807) is 48.7 Å². The molecule has 0 atom stereocenters. The Kier molecular flexibility index (Phi) is 3.32. The molecule has 0 spiro atoms. The zero-order chi connectivity index (χ0) is 11.4. The van der Waals surface area contributed by atoms with Crippen molar-refractivity contribution in [1.82, 2.24) is 4.98 Å². The molecule has 0 fully saturated rings. The molecule has 1 nitrogen and oxygen atoms in total. The Morgan fingerprint density at radius 1 is 1.06 bits per heavy atom. The van der Waals surface area contributed by atoms with Crippen LogP contribution in [0.1, 0.15) is 11.3 Å². The second kappa shape index (κ2) is 4.90. The van der Waals surface area contributed by atoms with Gasteiger partial charge in [0, 0.05) is 11.8 Å². The first-order valence-corrected chi connectivity index (χ1v) is 5.18. The van der Waals surface area contributed by atoms with Crippen molar-refractivity contribution in [3.05, 3.63) is 64.7 Å². The van der Waals surface area contributed by atoms with Gasteiger partial charge in [-0.05, 0) is 30.4 Å². The average Bonchev–Trinajstić information content (AvgIpc) is 2.30. The van der Waals surface area contributed by atoms with Crippen LogP contribution in [0.4, 0.5) is 4.39 Å². The smallest absolute Gasteiger partial charge is 0.130 e. The van der Waals surface area contributed by atoms with E-state index < -0.39 is 0 Å². The van der Waals surface area contributed by atoms with Crippen molar-refractivity contribution in [3.63, 3.8) is 0 Å². The van der Waals surface area contributed by atoms with Crippen LogP contribution in [0.3, 0.4) is 0 Å². The van der Waals surface area contributed by atoms with Gasteiger partial charge in [0.2, 0.25) is 0 Å². The summed E-state index contributed by atoms with van der Waals surface area (Å²) in [6.07, 6.45) is 4.99. The van der Waals surface area contributed by atoms with E-state index in [2.05, 4.69) is 4.98 Å². The molecule has 0 amide bonds. The number of nitrogens with zero attached hydrogens (tertiary/aromatic N) is 1. The second-order valence-electron chi connectivity index (χ2n) is 3.26. The number of hydrogen-bond donors (Lipinski definition) is 0. The molecule has 1 aromatic carbocycles.